The standard InChI is InChI=1S/C15H21N3O2/c1-12-14(9-16-7-8-20-2)11-18(17-12)10-13-3-5-15(19)6-4-13/h3-6,11,16,19H,7-10H2,1-2H3. The minimum absolute atomic E-state index is 0.286. The molecule has 108 valence electrons. The molecule has 0 bridgehead atoms. The first-order chi connectivity index (χ1) is 9.69. The minimum Gasteiger partial charge on any atom is -0.508 e. The molecule has 0 amide bonds. The van der Waals surface area contributed by atoms with Crippen LogP contribution in [0.5, 0.6) is 5.75 Å². The number of ether oxygens (including phenoxy) is 1. The zero-order chi connectivity index (χ0) is 14.4. The summed E-state index contributed by atoms with van der Waals surface area (Å²) >= 11 is 0. The lowest BCUT2D eigenvalue weighted by molar-refractivity contribution is 0.199. The maximum Gasteiger partial charge on any atom is 0.115 e. The van der Waals surface area contributed by atoms with Crippen LogP contribution in [0.15, 0.2) is 30.5 Å². The molecule has 0 aliphatic heterocycles. The predicted molar refractivity (Wildman–Crippen MR) is 77.8 cm³/mol. The summed E-state index contributed by atoms with van der Waals surface area (Å²) < 4.78 is 6.93. The summed E-state index contributed by atoms with van der Waals surface area (Å²) in [5.41, 5.74) is 3.35. The van der Waals surface area contributed by atoms with E-state index in [1.54, 1.807) is 19.2 Å². The van der Waals surface area contributed by atoms with Gasteiger partial charge in [0.15, 0.2) is 0 Å². The van der Waals surface area contributed by atoms with E-state index in [1.165, 1.54) is 5.56 Å². The third kappa shape index (κ3) is 4.08. The number of benzene rings is 1. The zero-order valence-corrected chi connectivity index (χ0v) is 12.0. The van der Waals surface area contributed by atoms with Crippen LogP contribution < -0.4 is 5.32 Å². The number of aromatic nitrogens is 2. The molecule has 2 aromatic rings. The van der Waals surface area contributed by atoms with Crippen molar-refractivity contribution >= 4 is 0 Å². The van der Waals surface area contributed by atoms with Gasteiger partial charge in [-0.3, -0.25) is 4.68 Å². The maximum absolute atomic E-state index is 9.27. The highest BCUT2D eigenvalue weighted by atomic mass is 16.5. The Morgan fingerprint density at radius 2 is 2.05 bits per heavy atom. The summed E-state index contributed by atoms with van der Waals surface area (Å²) in [4.78, 5) is 0. The van der Waals surface area contributed by atoms with E-state index in [2.05, 4.69) is 16.6 Å². The molecule has 0 radical (unpaired) electrons. The Morgan fingerprint density at radius 3 is 2.75 bits per heavy atom. The third-order valence-corrected chi connectivity index (χ3v) is 3.13. The van der Waals surface area contributed by atoms with Gasteiger partial charge in [0.05, 0.1) is 18.8 Å². The molecule has 0 fully saturated rings. The Balaban J connectivity index is 1.94. The lowest BCUT2D eigenvalue weighted by Crippen LogP contribution is -2.18. The van der Waals surface area contributed by atoms with Gasteiger partial charge in [-0.1, -0.05) is 12.1 Å². The summed E-state index contributed by atoms with van der Waals surface area (Å²) in [5.74, 6) is 0.286. The number of rotatable bonds is 7. The quantitative estimate of drug-likeness (QED) is 0.755. The van der Waals surface area contributed by atoms with Gasteiger partial charge in [-0.15, -0.1) is 0 Å². The number of hydrogen-bond acceptors (Lipinski definition) is 4. The number of methoxy groups -OCH3 is 1. The van der Waals surface area contributed by atoms with Crippen molar-refractivity contribution in [2.24, 2.45) is 0 Å². The summed E-state index contributed by atoms with van der Waals surface area (Å²) in [6, 6.07) is 7.20. The molecule has 5 nitrogen and oxygen atoms in total. The molecule has 0 aliphatic rings. The Bertz CT molecular complexity index is 535. The monoisotopic (exact) mass is 275 g/mol. The molecule has 0 aliphatic carbocycles. The number of nitrogens with zero attached hydrogens (tertiary/aromatic N) is 2. The van der Waals surface area contributed by atoms with Crippen LogP contribution in [0.4, 0.5) is 0 Å². The van der Waals surface area contributed by atoms with E-state index in [0.717, 1.165) is 24.3 Å². The Morgan fingerprint density at radius 1 is 1.30 bits per heavy atom. The van der Waals surface area contributed by atoms with Crippen molar-refractivity contribution in [2.75, 3.05) is 20.3 Å². The normalized spacial score (nSPS) is 10.9. The molecular weight excluding hydrogens is 254 g/mol. The molecular formula is C15H21N3O2. The fourth-order valence-electron chi connectivity index (χ4n) is 2.00. The summed E-state index contributed by atoms with van der Waals surface area (Å²) in [7, 11) is 1.70. The number of hydrogen-bond donors (Lipinski definition) is 2. The summed E-state index contributed by atoms with van der Waals surface area (Å²) in [6.45, 7) is 5.06. The van der Waals surface area contributed by atoms with E-state index in [1.807, 2.05) is 23.7 Å². The van der Waals surface area contributed by atoms with Crippen LogP contribution in [0.2, 0.25) is 0 Å². The second-order valence-electron chi connectivity index (χ2n) is 4.77. The molecule has 1 aromatic carbocycles. The number of phenolic OH excluding ortho intramolecular Hbond substituents is 1. The van der Waals surface area contributed by atoms with Crippen molar-refractivity contribution in [2.45, 2.75) is 20.0 Å². The van der Waals surface area contributed by atoms with Crippen LogP contribution >= 0.6 is 0 Å². The molecule has 0 spiro atoms. The molecule has 2 N–H and O–H groups in total. The first-order valence-corrected chi connectivity index (χ1v) is 6.69. The molecule has 2 rings (SSSR count). The minimum atomic E-state index is 0.286. The van der Waals surface area contributed by atoms with E-state index in [9.17, 15) is 5.11 Å². The van der Waals surface area contributed by atoms with Gasteiger partial charge < -0.3 is 15.2 Å². The van der Waals surface area contributed by atoms with Crippen LogP contribution in [0.3, 0.4) is 0 Å². The van der Waals surface area contributed by atoms with E-state index in [-0.39, 0.29) is 5.75 Å². The van der Waals surface area contributed by atoms with Crippen molar-refractivity contribution in [3.8, 4) is 5.75 Å². The van der Waals surface area contributed by atoms with E-state index in [0.29, 0.717) is 13.2 Å². The number of nitrogens with one attached hydrogen (secondary N) is 1. The summed E-state index contributed by atoms with van der Waals surface area (Å²) in [5, 5.41) is 17.1. The Kier molecular flexibility index (Phi) is 5.15. The highest BCUT2D eigenvalue weighted by Gasteiger charge is 2.05. The fourth-order valence-corrected chi connectivity index (χ4v) is 2.00. The average molecular weight is 275 g/mol. The Labute approximate surface area is 119 Å². The van der Waals surface area contributed by atoms with Gasteiger partial charge in [0.1, 0.15) is 5.75 Å². The van der Waals surface area contributed by atoms with E-state index in [4.69, 9.17) is 4.74 Å². The number of phenols is 1. The number of aromatic hydroxyl groups is 1. The lowest BCUT2D eigenvalue weighted by Gasteiger charge is -2.02. The van der Waals surface area contributed by atoms with Crippen LogP contribution in [-0.4, -0.2) is 35.1 Å². The predicted octanol–water partition coefficient (Wildman–Crippen LogP) is 1.68. The van der Waals surface area contributed by atoms with Gasteiger partial charge in [-0.25, -0.2) is 0 Å². The van der Waals surface area contributed by atoms with Crippen molar-refractivity contribution in [1.29, 1.82) is 0 Å². The van der Waals surface area contributed by atoms with Gasteiger partial charge >= 0.3 is 0 Å². The lowest BCUT2D eigenvalue weighted by atomic mass is 10.2. The van der Waals surface area contributed by atoms with Gasteiger partial charge in [-0.2, -0.15) is 5.10 Å². The van der Waals surface area contributed by atoms with Crippen molar-refractivity contribution in [3.63, 3.8) is 0 Å². The largest absolute Gasteiger partial charge is 0.508 e. The second kappa shape index (κ2) is 7.07. The van der Waals surface area contributed by atoms with Crippen LogP contribution in [0.25, 0.3) is 0 Å². The zero-order valence-electron chi connectivity index (χ0n) is 12.0. The third-order valence-electron chi connectivity index (χ3n) is 3.13. The van der Waals surface area contributed by atoms with Gasteiger partial charge in [0.25, 0.3) is 0 Å². The SMILES string of the molecule is COCCNCc1cn(Cc2ccc(O)cc2)nc1C. The van der Waals surface area contributed by atoms with Crippen molar-refractivity contribution < 1.29 is 9.84 Å². The first kappa shape index (κ1) is 14.6. The second-order valence-corrected chi connectivity index (χ2v) is 4.77. The van der Waals surface area contributed by atoms with Crippen molar-refractivity contribution in [3.05, 3.63) is 47.3 Å². The van der Waals surface area contributed by atoms with E-state index < -0.39 is 0 Å². The van der Waals surface area contributed by atoms with Gasteiger partial charge in [0, 0.05) is 32.0 Å². The van der Waals surface area contributed by atoms with Crippen LogP contribution in [0, 0.1) is 6.92 Å². The topological polar surface area (TPSA) is 59.3 Å². The van der Waals surface area contributed by atoms with Crippen LogP contribution in [0.1, 0.15) is 16.8 Å². The fraction of sp³-hybridized carbons (Fsp3) is 0.400. The maximum atomic E-state index is 9.27. The first-order valence-electron chi connectivity index (χ1n) is 6.69. The van der Waals surface area contributed by atoms with E-state index >= 15 is 0 Å². The molecule has 20 heavy (non-hydrogen) atoms. The highest BCUT2D eigenvalue weighted by molar-refractivity contribution is 5.26. The Hall–Kier alpha value is -1.85. The van der Waals surface area contributed by atoms with Gasteiger partial charge in [-0.05, 0) is 24.6 Å². The molecule has 1 aromatic heterocycles. The molecule has 5 heteroatoms. The van der Waals surface area contributed by atoms with Crippen LogP contribution in [-0.2, 0) is 17.8 Å². The average Bonchev–Trinajstić information content (AvgIpc) is 2.78. The molecule has 0 saturated carbocycles. The molecule has 0 unspecified atom stereocenters. The van der Waals surface area contributed by atoms with Crippen molar-refractivity contribution in [1.82, 2.24) is 15.1 Å². The van der Waals surface area contributed by atoms with Gasteiger partial charge in [0.2, 0.25) is 0 Å². The molecule has 0 saturated heterocycles. The summed E-state index contributed by atoms with van der Waals surface area (Å²) in [6.07, 6.45) is 2.06. The molecule has 1 heterocycles. The number of aryl methyl sites for hydroxylation is 1. The molecule has 0 atom stereocenters. The smallest absolute Gasteiger partial charge is 0.115 e. The highest BCUT2D eigenvalue weighted by Crippen LogP contribution is 2.12.